The molecular formula is C31H33N3O7. The number of hydrogen-bond acceptors (Lipinski definition) is 7. The summed E-state index contributed by atoms with van der Waals surface area (Å²) in [6, 6.07) is 11.7. The van der Waals surface area contributed by atoms with E-state index in [0.717, 1.165) is 37.7 Å². The van der Waals surface area contributed by atoms with Crippen LogP contribution >= 0.6 is 0 Å². The Morgan fingerprint density at radius 1 is 1.02 bits per heavy atom. The number of nitrogens with zero attached hydrogens (tertiary/aromatic N) is 1. The lowest BCUT2D eigenvalue weighted by molar-refractivity contribution is -0.142. The summed E-state index contributed by atoms with van der Waals surface area (Å²) in [5.41, 5.74) is 0.164. The van der Waals surface area contributed by atoms with Crippen molar-refractivity contribution in [3.8, 4) is 17.2 Å². The first-order chi connectivity index (χ1) is 20.0. The highest BCUT2D eigenvalue weighted by atomic mass is 16.7. The van der Waals surface area contributed by atoms with Gasteiger partial charge in [0.1, 0.15) is 17.4 Å². The Morgan fingerprint density at radius 2 is 1.80 bits per heavy atom. The topological polar surface area (TPSA) is 115 Å². The first-order valence-corrected chi connectivity index (χ1v) is 14.3. The lowest BCUT2D eigenvalue weighted by Crippen LogP contribution is -2.56. The van der Waals surface area contributed by atoms with E-state index in [1.54, 1.807) is 36.3 Å². The first-order valence-electron chi connectivity index (χ1n) is 14.3. The van der Waals surface area contributed by atoms with Gasteiger partial charge in [-0.1, -0.05) is 37.5 Å². The minimum atomic E-state index is -1.22. The predicted molar refractivity (Wildman–Crippen MR) is 147 cm³/mol. The Bertz CT molecular complexity index is 1400. The largest absolute Gasteiger partial charge is 0.497 e. The number of hydrogen-bond donors (Lipinski definition) is 2. The number of fused-ring (bicyclic) bond motifs is 2. The zero-order chi connectivity index (χ0) is 28.1. The fourth-order valence-corrected chi connectivity index (χ4v) is 7.10. The number of anilines is 1. The lowest BCUT2D eigenvalue weighted by Gasteiger charge is -2.34. The fourth-order valence-electron chi connectivity index (χ4n) is 7.10. The zero-order valence-electron chi connectivity index (χ0n) is 22.8. The third-order valence-electron chi connectivity index (χ3n) is 9.02. The van der Waals surface area contributed by atoms with E-state index in [1.165, 1.54) is 0 Å². The molecule has 4 aliphatic heterocycles. The molecule has 214 valence electrons. The molecule has 2 aromatic carbocycles. The molecule has 1 aliphatic carbocycles. The SMILES string of the molecule is COc1ccc(NC(=O)[C@H]2[C@@H]3C=C[C@]4(O3)[C@@H]2C(=O)N(Cc2ccc3c(c2)OCO3)[C@H]4C(=O)NC2CCCCC2)cc1. The summed E-state index contributed by atoms with van der Waals surface area (Å²) >= 11 is 0. The molecule has 3 amide bonds. The van der Waals surface area contributed by atoms with Gasteiger partial charge in [-0.25, -0.2) is 0 Å². The van der Waals surface area contributed by atoms with Crippen molar-refractivity contribution in [3.05, 3.63) is 60.2 Å². The van der Waals surface area contributed by atoms with Gasteiger partial charge in [-0.05, 0) is 54.8 Å². The van der Waals surface area contributed by atoms with Gasteiger partial charge in [0.25, 0.3) is 0 Å². The second-order valence-electron chi connectivity index (χ2n) is 11.4. The monoisotopic (exact) mass is 559 g/mol. The maximum Gasteiger partial charge on any atom is 0.246 e. The number of amides is 3. The molecule has 0 unspecified atom stereocenters. The lowest BCUT2D eigenvalue weighted by atomic mass is 9.74. The number of benzene rings is 2. The third-order valence-corrected chi connectivity index (χ3v) is 9.02. The highest BCUT2D eigenvalue weighted by molar-refractivity contribution is 6.02. The molecule has 0 aromatic heterocycles. The van der Waals surface area contributed by atoms with E-state index >= 15 is 0 Å². The van der Waals surface area contributed by atoms with E-state index < -0.39 is 29.6 Å². The second-order valence-corrected chi connectivity index (χ2v) is 11.4. The van der Waals surface area contributed by atoms with Crippen molar-refractivity contribution < 1.29 is 33.3 Å². The quantitative estimate of drug-likeness (QED) is 0.501. The Balaban J connectivity index is 1.20. The van der Waals surface area contributed by atoms with Crippen LogP contribution in [0.15, 0.2) is 54.6 Å². The van der Waals surface area contributed by atoms with Crippen molar-refractivity contribution in [1.29, 1.82) is 0 Å². The van der Waals surface area contributed by atoms with Crippen molar-refractivity contribution in [2.24, 2.45) is 11.8 Å². The summed E-state index contributed by atoms with van der Waals surface area (Å²) in [7, 11) is 1.58. The van der Waals surface area contributed by atoms with Gasteiger partial charge < -0.3 is 34.5 Å². The third kappa shape index (κ3) is 4.32. The Labute approximate surface area is 238 Å². The molecule has 2 aromatic rings. The maximum atomic E-state index is 14.2. The number of ether oxygens (including phenoxy) is 4. The Kier molecular flexibility index (Phi) is 6.37. The van der Waals surface area contributed by atoms with Gasteiger partial charge in [0.05, 0.1) is 25.0 Å². The average molecular weight is 560 g/mol. The summed E-state index contributed by atoms with van der Waals surface area (Å²) in [5.74, 6) is -0.518. The molecule has 5 atom stereocenters. The highest BCUT2D eigenvalue weighted by Crippen LogP contribution is 2.55. The van der Waals surface area contributed by atoms with E-state index in [2.05, 4.69) is 10.6 Å². The molecule has 2 saturated heterocycles. The van der Waals surface area contributed by atoms with Crippen molar-refractivity contribution in [3.63, 3.8) is 0 Å². The van der Waals surface area contributed by atoms with Gasteiger partial charge in [0, 0.05) is 18.3 Å². The summed E-state index contributed by atoms with van der Waals surface area (Å²) < 4.78 is 22.7. The summed E-state index contributed by atoms with van der Waals surface area (Å²) in [4.78, 5) is 43.5. The summed E-state index contributed by atoms with van der Waals surface area (Å²) in [5, 5.41) is 6.16. The molecule has 41 heavy (non-hydrogen) atoms. The van der Waals surface area contributed by atoms with Gasteiger partial charge in [-0.2, -0.15) is 0 Å². The van der Waals surface area contributed by atoms with Crippen LogP contribution in [0.2, 0.25) is 0 Å². The average Bonchev–Trinajstić information content (AvgIpc) is 3.75. The number of likely N-dealkylation sites (tertiary alicyclic amines) is 1. The number of nitrogens with one attached hydrogen (secondary N) is 2. The number of rotatable bonds is 7. The van der Waals surface area contributed by atoms with Crippen LogP contribution in [0, 0.1) is 11.8 Å². The number of carbonyl (C=O) groups is 3. The van der Waals surface area contributed by atoms with Crippen LogP contribution in [-0.4, -0.2) is 60.3 Å². The van der Waals surface area contributed by atoms with E-state index in [4.69, 9.17) is 18.9 Å². The molecule has 4 heterocycles. The van der Waals surface area contributed by atoms with Crippen LogP contribution in [0.1, 0.15) is 37.7 Å². The minimum absolute atomic E-state index is 0.0611. The molecule has 5 aliphatic rings. The van der Waals surface area contributed by atoms with Crippen LogP contribution in [-0.2, 0) is 25.7 Å². The molecule has 3 fully saturated rings. The number of carbonyl (C=O) groups excluding carboxylic acids is 3. The van der Waals surface area contributed by atoms with E-state index in [9.17, 15) is 14.4 Å². The van der Waals surface area contributed by atoms with Crippen LogP contribution in [0.5, 0.6) is 17.2 Å². The second kappa shape index (κ2) is 10.1. The molecule has 2 bridgehead atoms. The standard InChI is InChI=1S/C31H33N3O7/c1-38-21-10-8-20(9-11-21)32-28(35)25-23-13-14-31(41-23)26(25)30(37)34(16-18-7-12-22-24(15-18)40-17-39-22)27(31)29(36)33-19-5-3-2-4-6-19/h7-15,19,23,25-27H,2-6,16-17H2,1H3,(H,32,35)(H,33,36)/t23-,25-,26-,27-,31-/m0/s1. The van der Waals surface area contributed by atoms with Crippen molar-refractivity contribution in [2.75, 3.05) is 19.2 Å². The molecule has 7 rings (SSSR count). The minimum Gasteiger partial charge on any atom is -0.497 e. The molecule has 2 N–H and O–H groups in total. The molecular weight excluding hydrogens is 526 g/mol. The molecule has 1 saturated carbocycles. The van der Waals surface area contributed by atoms with E-state index in [0.29, 0.717) is 22.9 Å². The van der Waals surface area contributed by atoms with Gasteiger partial charge >= 0.3 is 0 Å². The van der Waals surface area contributed by atoms with Crippen molar-refractivity contribution in [2.45, 2.75) is 62.4 Å². The van der Waals surface area contributed by atoms with E-state index in [1.807, 2.05) is 30.4 Å². The predicted octanol–water partition coefficient (Wildman–Crippen LogP) is 3.16. The van der Waals surface area contributed by atoms with Crippen LogP contribution in [0.3, 0.4) is 0 Å². The maximum absolute atomic E-state index is 14.2. The zero-order valence-corrected chi connectivity index (χ0v) is 22.8. The summed E-state index contributed by atoms with van der Waals surface area (Å²) in [6.07, 6.45) is 8.18. The molecule has 10 nitrogen and oxygen atoms in total. The van der Waals surface area contributed by atoms with Crippen molar-refractivity contribution in [1.82, 2.24) is 10.2 Å². The van der Waals surface area contributed by atoms with E-state index in [-0.39, 0.29) is 37.1 Å². The number of methoxy groups -OCH3 is 1. The first kappa shape index (κ1) is 25.9. The Morgan fingerprint density at radius 3 is 2.59 bits per heavy atom. The normalized spacial score (nSPS) is 29.5. The fraction of sp³-hybridized carbons (Fsp3) is 0.452. The Hall–Kier alpha value is -4.05. The van der Waals surface area contributed by atoms with Gasteiger partial charge in [-0.15, -0.1) is 0 Å². The molecule has 10 heteroatoms. The van der Waals surface area contributed by atoms with Crippen LogP contribution < -0.4 is 24.8 Å². The van der Waals surface area contributed by atoms with Gasteiger partial charge in [-0.3, -0.25) is 14.4 Å². The van der Waals surface area contributed by atoms with Gasteiger partial charge in [0.15, 0.2) is 11.5 Å². The highest BCUT2D eigenvalue weighted by Gasteiger charge is 2.72. The smallest absolute Gasteiger partial charge is 0.246 e. The molecule has 0 radical (unpaired) electrons. The van der Waals surface area contributed by atoms with Crippen LogP contribution in [0.4, 0.5) is 5.69 Å². The van der Waals surface area contributed by atoms with Crippen molar-refractivity contribution >= 4 is 23.4 Å². The molecule has 1 spiro atoms. The van der Waals surface area contributed by atoms with Crippen LogP contribution in [0.25, 0.3) is 0 Å². The summed E-state index contributed by atoms with van der Waals surface area (Å²) in [6.45, 7) is 0.315. The van der Waals surface area contributed by atoms with Gasteiger partial charge in [0.2, 0.25) is 24.5 Å².